The molecule has 23 heavy (non-hydrogen) atoms. The fourth-order valence-electron chi connectivity index (χ4n) is 2.72. The Labute approximate surface area is 139 Å². The summed E-state index contributed by atoms with van der Waals surface area (Å²) in [6.45, 7) is 6.04. The fourth-order valence-corrected chi connectivity index (χ4v) is 2.72. The molecule has 1 aliphatic heterocycles. The van der Waals surface area contributed by atoms with Gasteiger partial charge < -0.3 is 15.5 Å². The highest BCUT2D eigenvalue weighted by Gasteiger charge is 2.38. The Morgan fingerprint density at radius 2 is 2.09 bits per heavy atom. The van der Waals surface area contributed by atoms with E-state index in [9.17, 15) is 15.0 Å². The lowest BCUT2D eigenvalue weighted by Crippen LogP contribution is -2.37. The van der Waals surface area contributed by atoms with E-state index in [4.69, 9.17) is 0 Å². The summed E-state index contributed by atoms with van der Waals surface area (Å²) >= 11 is 0. The summed E-state index contributed by atoms with van der Waals surface area (Å²) in [7, 11) is 0. The third kappa shape index (κ3) is 6.67. The molecule has 1 aliphatic rings. The Bertz CT molecular complexity index is 433. The first kappa shape index (κ1) is 19.6. The number of carboxylic acids is 1. The minimum atomic E-state index is -1.38. The van der Waals surface area contributed by atoms with Gasteiger partial charge in [-0.05, 0) is 45.3 Å². The van der Waals surface area contributed by atoms with Crippen molar-refractivity contribution in [1.29, 1.82) is 0 Å². The standard InChI is InChI=1S/C13H19NO3.C5H11N/c1-3-4-7-11(12(15)16)13(2,17)10-6-5-8-14-9-10;1-2-4-6-5-3-1/h5-6,8-9,11,17H,3-4,7H2,1-2H3,(H,15,16);6H,1-5H2. The van der Waals surface area contributed by atoms with Crippen molar-refractivity contribution in [3.8, 4) is 0 Å². The molecule has 0 aliphatic carbocycles. The number of hydrogen-bond acceptors (Lipinski definition) is 4. The normalized spacial score (nSPS) is 18.2. The molecule has 0 saturated carbocycles. The number of carbonyl (C=O) groups is 1. The maximum atomic E-state index is 11.2. The Hall–Kier alpha value is -1.46. The van der Waals surface area contributed by atoms with E-state index in [0.29, 0.717) is 12.0 Å². The lowest BCUT2D eigenvalue weighted by molar-refractivity contribution is -0.152. The maximum Gasteiger partial charge on any atom is 0.309 e. The van der Waals surface area contributed by atoms with Crippen molar-refractivity contribution in [2.24, 2.45) is 5.92 Å². The molecule has 0 spiro atoms. The summed E-state index contributed by atoms with van der Waals surface area (Å²) in [5.74, 6) is -1.76. The van der Waals surface area contributed by atoms with Crippen LogP contribution in [0, 0.1) is 5.92 Å². The number of nitrogens with one attached hydrogen (secondary N) is 1. The predicted molar refractivity (Wildman–Crippen MR) is 91.2 cm³/mol. The average molecular weight is 322 g/mol. The van der Waals surface area contributed by atoms with Gasteiger partial charge >= 0.3 is 5.97 Å². The lowest BCUT2D eigenvalue weighted by atomic mass is 9.80. The zero-order valence-corrected chi connectivity index (χ0v) is 14.3. The van der Waals surface area contributed by atoms with Gasteiger partial charge in [0, 0.05) is 18.0 Å². The minimum absolute atomic E-state index is 0.466. The molecule has 2 unspecified atom stereocenters. The number of carboxylic acid groups (broad SMARTS) is 1. The van der Waals surface area contributed by atoms with Crippen LogP contribution in [-0.2, 0) is 10.4 Å². The second kappa shape index (κ2) is 10.3. The molecule has 3 N–H and O–H groups in total. The van der Waals surface area contributed by atoms with Crippen molar-refractivity contribution in [3.63, 3.8) is 0 Å². The molecule has 0 amide bonds. The number of nitrogens with zero attached hydrogens (tertiary/aromatic N) is 1. The molecular weight excluding hydrogens is 292 g/mol. The first-order chi connectivity index (χ1) is 11.0. The van der Waals surface area contributed by atoms with E-state index in [1.165, 1.54) is 38.5 Å². The van der Waals surface area contributed by atoms with Crippen LogP contribution in [0.25, 0.3) is 0 Å². The zero-order valence-electron chi connectivity index (χ0n) is 14.3. The van der Waals surface area contributed by atoms with E-state index in [2.05, 4.69) is 10.3 Å². The predicted octanol–water partition coefficient (Wildman–Crippen LogP) is 2.94. The van der Waals surface area contributed by atoms with Gasteiger partial charge in [-0.3, -0.25) is 9.78 Å². The first-order valence-corrected chi connectivity index (χ1v) is 8.56. The van der Waals surface area contributed by atoms with E-state index in [1.54, 1.807) is 25.3 Å². The van der Waals surface area contributed by atoms with E-state index in [1.807, 2.05) is 6.92 Å². The fraction of sp³-hybridized carbons (Fsp3) is 0.667. The highest BCUT2D eigenvalue weighted by molar-refractivity contribution is 5.71. The Kier molecular flexibility index (Phi) is 8.81. The summed E-state index contributed by atoms with van der Waals surface area (Å²) in [6.07, 6.45) is 9.49. The zero-order chi connectivity index (χ0) is 17.1. The number of aliphatic hydroxyl groups is 1. The molecule has 2 rings (SSSR count). The van der Waals surface area contributed by atoms with Crippen LogP contribution in [0.5, 0.6) is 0 Å². The van der Waals surface area contributed by atoms with Crippen molar-refractivity contribution in [3.05, 3.63) is 30.1 Å². The molecule has 5 nitrogen and oxygen atoms in total. The van der Waals surface area contributed by atoms with E-state index in [-0.39, 0.29) is 0 Å². The van der Waals surface area contributed by atoms with Crippen molar-refractivity contribution < 1.29 is 15.0 Å². The number of aromatic nitrogens is 1. The smallest absolute Gasteiger partial charge is 0.309 e. The quantitative estimate of drug-likeness (QED) is 0.750. The van der Waals surface area contributed by atoms with Crippen molar-refractivity contribution in [2.75, 3.05) is 13.1 Å². The lowest BCUT2D eigenvalue weighted by Gasteiger charge is -2.30. The number of unbranched alkanes of at least 4 members (excludes halogenated alkanes) is 1. The number of hydrogen-bond donors (Lipinski definition) is 3. The van der Waals surface area contributed by atoms with Gasteiger partial charge in [-0.15, -0.1) is 0 Å². The van der Waals surface area contributed by atoms with Gasteiger partial charge in [0.2, 0.25) is 0 Å². The van der Waals surface area contributed by atoms with Gasteiger partial charge in [-0.25, -0.2) is 0 Å². The molecule has 1 fully saturated rings. The average Bonchev–Trinajstić information content (AvgIpc) is 2.58. The van der Waals surface area contributed by atoms with Crippen LogP contribution in [0.2, 0.25) is 0 Å². The Balaban J connectivity index is 0.000000366. The molecule has 0 bridgehead atoms. The molecule has 0 radical (unpaired) electrons. The van der Waals surface area contributed by atoms with Gasteiger partial charge in [-0.2, -0.15) is 0 Å². The monoisotopic (exact) mass is 322 g/mol. The second-order valence-corrected chi connectivity index (χ2v) is 6.23. The molecule has 1 saturated heterocycles. The molecule has 0 aromatic carbocycles. The third-order valence-corrected chi connectivity index (χ3v) is 4.28. The molecule has 2 heterocycles. The third-order valence-electron chi connectivity index (χ3n) is 4.28. The second-order valence-electron chi connectivity index (χ2n) is 6.23. The molecule has 130 valence electrons. The molecular formula is C18H30N2O3. The summed E-state index contributed by atoms with van der Waals surface area (Å²) in [5.41, 5.74) is -0.835. The SMILES string of the molecule is C1CCNCC1.CCCCC(C(=O)O)C(C)(O)c1cccnc1. The van der Waals surface area contributed by atoms with Crippen LogP contribution in [0.1, 0.15) is 57.9 Å². The summed E-state index contributed by atoms with van der Waals surface area (Å²) in [5, 5.41) is 22.9. The summed E-state index contributed by atoms with van der Waals surface area (Å²) in [6, 6.07) is 3.40. The van der Waals surface area contributed by atoms with E-state index < -0.39 is 17.5 Å². The molecule has 5 heteroatoms. The Morgan fingerprint density at radius 3 is 2.48 bits per heavy atom. The highest BCUT2D eigenvalue weighted by Crippen LogP contribution is 2.32. The number of rotatable bonds is 6. The summed E-state index contributed by atoms with van der Waals surface area (Å²) in [4.78, 5) is 15.2. The van der Waals surface area contributed by atoms with Gasteiger partial charge in [0.05, 0.1) is 5.92 Å². The largest absolute Gasteiger partial charge is 0.481 e. The number of piperidine rings is 1. The van der Waals surface area contributed by atoms with E-state index >= 15 is 0 Å². The molecule has 2 atom stereocenters. The van der Waals surface area contributed by atoms with Gasteiger partial charge in [0.25, 0.3) is 0 Å². The van der Waals surface area contributed by atoms with Crippen LogP contribution in [-0.4, -0.2) is 34.3 Å². The number of aliphatic carboxylic acids is 1. The topological polar surface area (TPSA) is 82.5 Å². The molecule has 1 aromatic rings. The highest BCUT2D eigenvalue weighted by atomic mass is 16.4. The summed E-state index contributed by atoms with van der Waals surface area (Å²) < 4.78 is 0. The van der Waals surface area contributed by atoms with Gasteiger partial charge in [-0.1, -0.05) is 32.3 Å². The van der Waals surface area contributed by atoms with Crippen molar-refractivity contribution >= 4 is 5.97 Å². The Morgan fingerprint density at radius 1 is 1.39 bits per heavy atom. The van der Waals surface area contributed by atoms with Crippen LogP contribution in [0.3, 0.4) is 0 Å². The first-order valence-electron chi connectivity index (χ1n) is 8.56. The maximum absolute atomic E-state index is 11.2. The van der Waals surface area contributed by atoms with Crippen molar-refractivity contribution in [1.82, 2.24) is 10.3 Å². The van der Waals surface area contributed by atoms with Crippen LogP contribution >= 0.6 is 0 Å². The number of pyridine rings is 1. The van der Waals surface area contributed by atoms with Crippen molar-refractivity contribution in [2.45, 2.75) is 58.0 Å². The van der Waals surface area contributed by atoms with Crippen LogP contribution in [0.15, 0.2) is 24.5 Å². The molecule has 1 aromatic heterocycles. The van der Waals surface area contributed by atoms with E-state index in [0.717, 1.165) is 12.8 Å². The van der Waals surface area contributed by atoms with Crippen LogP contribution in [0.4, 0.5) is 0 Å². The van der Waals surface area contributed by atoms with Crippen LogP contribution < -0.4 is 5.32 Å². The van der Waals surface area contributed by atoms with Gasteiger partial charge in [0.15, 0.2) is 0 Å². The minimum Gasteiger partial charge on any atom is -0.481 e. The van der Waals surface area contributed by atoms with Gasteiger partial charge in [0.1, 0.15) is 5.60 Å².